The molecule has 0 bridgehead atoms. The molecule has 2 aliphatic rings. The number of ether oxygens (including phenoxy) is 1. The summed E-state index contributed by atoms with van der Waals surface area (Å²) in [6.45, 7) is 7.73. The van der Waals surface area contributed by atoms with Crippen LogP contribution in [-0.2, 0) is 26.2 Å². The van der Waals surface area contributed by atoms with Crippen LogP contribution in [0.4, 0.5) is 4.79 Å². The summed E-state index contributed by atoms with van der Waals surface area (Å²) in [5.74, 6) is -0.0800. The first kappa shape index (κ1) is 25.9. The summed E-state index contributed by atoms with van der Waals surface area (Å²) in [7, 11) is 1.87. The summed E-state index contributed by atoms with van der Waals surface area (Å²) in [5, 5.41) is 5.53. The highest BCUT2D eigenvalue weighted by Gasteiger charge is 2.40. The van der Waals surface area contributed by atoms with Crippen molar-refractivity contribution in [2.45, 2.75) is 63.9 Å². The van der Waals surface area contributed by atoms with E-state index in [0.29, 0.717) is 44.9 Å². The van der Waals surface area contributed by atoms with Crippen LogP contribution >= 0.6 is 0 Å². The zero-order valence-corrected chi connectivity index (χ0v) is 21.6. The van der Waals surface area contributed by atoms with Crippen LogP contribution < -0.4 is 0 Å². The molecule has 2 fully saturated rings. The Morgan fingerprint density at radius 1 is 1.14 bits per heavy atom. The van der Waals surface area contributed by atoms with Gasteiger partial charge in [0.25, 0.3) is 0 Å². The van der Waals surface area contributed by atoms with Gasteiger partial charge in [0.05, 0.1) is 23.0 Å². The van der Waals surface area contributed by atoms with Crippen LogP contribution in [0.15, 0.2) is 18.2 Å². The third-order valence-corrected chi connectivity index (χ3v) is 7.18. The Hall–Kier alpha value is -3.23. The first-order valence-corrected chi connectivity index (χ1v) is 12.7. The molecular formula is C27H36N4O5. The van der Waals surface area contributed by atoms with Gasteiger partial charge >= 0.3 is 6.09 Å². The van der Waals surface area contributed by atoms with E-state index < -0.39 is 11.5 Å². The summed E-state index contributed by atoms with van der Waals surface area (Å²) < 4.78 is 7.18. The second-order valence-electron chi connectivity index (χ2n) is 11.0. The van der Waals surface area contributed by atoms with E-state index in [-0.39, 0.29) is 17.9 Å². The average molecular weight is 497 g/mol. The maximum absolute atomic E-state index is 13.0. The van der Waals surface area contributed by atoms with E-state index in [0.717, 1.165) is 42.0 Å². The third kappa shape index (κ3) is 5.44. The Morgan fingerprint density at radius 3 is 2.44 bits per heavy atom. The van der Waals surface area contributed by atoms with Crippen molar-refractivity contribution in [2.24, 2.45) is 13.0 Å². The van der Waals surface area contributed by atoms with Gasteiger partial charge in [0.15, 0.2) is 0 Å². The SMILES string of the molecule is Cn1nc(C(C=O)CCC=O)c2ccc(C3CCN(C(=O)C4CN(C(=O)OC(C)(C)C)C4)CC3)cc21. The van der Waals surface area contributed by atoms with Crippen molar-refractivity contribution in [3.63, 3.8) is 0 Å². The minimum Gasteiger partial charge on any atom is -0.444 e. The van der Waals surface area contributed by atoms with Gasteiger partial charge in [0, 0.05) is 45.0 Å². The first-order valence-electron chi connectivity index (χ1n) is 12.7. The fraction of sp³-hybridized carbons (Fsp3) is 0.593. The second kappa shape index (κ2) is 10.4. The number of nitrogens with zero attached hydrogens (tertiary/aromatic N) is 4. The molecule has 36 heavy (non-hydrogen) atoms. The number of carbonyl (C=O) groups excluding carboxylic acids is 4. The van der Waals surface area contributed by atoms with Crippen LogP contribution in [0.3, 0.4) is 0 Å². The molecule has 2 aromatic rings. The molecule has 194 valence electrons. The molecule has 0 N–H and O–H groups in total. The van der Waals surface area contributed by atoms with Gasteiger partial charge in [0.2, 0.25) is 5.91 Å². The van der Waals surface area contributed by atoms with E-state index in [4.69, 9.17) is 4.74 Å². The number of aryl methyl sites for hydroxylation is 1. The number of piperidine rings is 1. The Kier molecular flexibility index (Phi) is 7.47. The van der Waals surface area contributed by atoms with Crippen LogP contribution in [-0.4, -0.2) is 75.9 Å². The number of benzene rings is 1. The minimum absolute atomic E-state index is 0.121. The molecule has 0 aliphatic carbocycles. The molecule has 2 amide bonds. The molecule has 0 saturated carbocycles. The predicted molar refractivity (Wildman–Crippen MR) is 135 cm³/mol. The number of amides is 2. The fourth-order valence-electron chi connectivity index (χ4n) is 5.15. The van der Waals surface area contributed by atoms with Crippen molar-refractivity contribution in [2.75, 3.05) is 26.2 Å². The van der Waals surface area contributed by atoms with Crippen LogP contribution in [0.1, 0.15) is 69.5 Å². The maximum atomic E-state index is 13.0. The summed E-state index contributed by atoms with van der Waals surface area (Å²) in [5.41, 5.74) is 2.35. The smallest absolute Gasteiger partial charge is 0.410 e. The van der Waals surface area contributed by atoms with Crippen LogP contribution in [0, 0.1) is 5.92 Å². The molecule has 9 heteroatoms. The lowest BCUT2D eigenvalue weighted by Gasteiger charge is -2.42. The van der Waals surface area contributed by atoms with Crippen molar-refractivity contribution < 1.29 is 23.9 Å². The first-order chi connectivity index (χ1) is 17.1. The molecule has 9 nitrogen and oxygen atoms in total. The molecule has 1 aromatic heterocycles. The Balaban J connectivity index is 1.35. The average Bonchev–Trinajstić information content (AvgIpc) is 3.13. The van der Waals surface area contributed by atoms with E-state index >= 15 is 0 Å². The zero-order valence-electron chi connectivity index (χ0n) is 21.6. The second-order valence-corrected chi connectivity index (χ2v) is 11.0. The predicted octanol–water partition coefficient (Wildman–Crippen LogP) is 3.41. The number of aromatic nitrogens is 2. The topological polar surface area (TPSA) is 102 Å². The monoisotopic (exact) mass is 496 g/mol. The van der Waals surface area contributed by atoms with Crippen molar-refractivity contribution in [1.29, 1.82) is 0 Å². The number of aldehydes is 2. The Morgan fingerprint density at radius 2 is 1.83 bits per heavy atom. The fourth-order valence-corrected chi connectivity index (χ4v) is 5.15. The lowest BCUT2D eigenvalue weighted by Crippen LogP contribution is -2.58. The molecule has 3 heterocycles. The normalized spacial score (nSPS) is 18.1. The number of fused-ring (bicyclic) bond motifs is 1. The minimum atomic E-state index is -0.541. The van der Waals surface area contributed by atoms with E-state index in [1.54, 1.807) is 9.58 Å². The molecule has 0 spiro atoms. The molecule has 2 aliphatic heterocycles. The van der Waals surface area contributed by atoms with Gasteiger partial charge < -0.3 is 24.1 Å². The van der Waals surface area contributed by atoms with Crippen LogP contribution in [0.2, 0.25) is 0 Å². The lowest BCUT2D eigenvalue weighted by atomic mass is 9.87. The summed E-state index contributed by atoms with van der Waals surface area (Å²) in [4.78, 5) is 51.0. The van der Waals surface area contributed by atoms with E-state index in [2.05, 4.69) is 17.2 Å². The van der Waals surface area contributed by atoms with E-state index in [1.165, 1.54) is 5.56 Å². The van der Waals surface area contributed by atoms with E-state index in [1.807, 2.05) is 38.8 Å². The highest BCUT2D eigenvalue weighted by Crippen LogP contribution is 2.34. The standard InChI is InChI=1S/C27H36N4O5/c1-27(2,3)36-26(35)31-15-21(16-31)25(34)30-11-9-18(10-12-30)19-7-8-22-23(14-19)29(4)28-24(22)20(17-33)6-5-13-32/h7-8,13-14,17-18,20-21H,5-6,9-12,15-16H2,1-4H3. The summed E-state index contributed by atoms with van der Waals surface area (Å²) in [6.07, 6.45) is 3.89. The van der Waals surface area contributed by atoms with Gasteiger partial charge in [-0.1, -0.05) is 12.1 Å². The molecule has 0 radical (unpaired) electrons. The van der Waals surface area contributed by atoms with Gasteiger partial charge in [-0.2, -0.15) is 5.10 Å². The van der Waals surface area contributed by atoms with Gasteiger partial charge in [-0.3, -0.25) is 9.48 Å². The number of likely N-dealkylation sites (tertiary alicyclic amines) is 2. The van der Waals surface area contributed by atoms with Gasteiger partial charge in [-0.25, -0.2) is 4.79 Å². The van der Waals surface area contributed by atoms with Crippen LogP contribution in [0.5, 0.6) is 0 Å². The van der Waals surface area contributed by atoms with Gasteiger partial charge in [-0.05, 0) is 57.6 Å². The number of hydrogen-bond acceptors (Lipinski definition) is 6. The van der Waals surface area contributed by atoms with E-state index in [9.17, 15) is 19.2 Å². The quantitative estimate of drug-likeness (QED) is 0.545. The van der Waals surface area contributed by atoms with Crippen molar-refractivity contribution in [3.05, 3.63) is 29.5 Å². The number of hydrogen-bond donors (Lipinski definition) is 0. The highest BCUT2D eigenvalue weighted by atomic mass is 16.6. The highest BCUT2D eigenvalue weighted by molar-refractivity contribution is 5.86. The maximum Gasteiger partial charge on any atom is 0.410 e. The van der Waals surface area contributed by atoms with Gasteiger partial charge in [-0.15, -0.1) is 0 Å². The van der Waals surface area contributed by atoms with Crippen molar-refractivity contribution >= 4 is 35.5 Å². The van der Waals surface area contributed by atoms with Gasteiger partial charge in [0.1, 0.15) is 18.2 Å². The Labute approximate surface area is 211 Å². The summed E-state index contributed by atoms with van der Waals surface area (Å²) in [6, 6.07) is 6.27. The molecule has 1 unspecified atom stereocenters. The van der Waals surface area contributed by atoms with Crippen molar-refractivity contribution in [1.82, 2.24) is 19.6 Å². The van der Waals surface area contributed by atoms with Crippen molar-refractivity contribution in [3.8, 4) is 0 Å². The zero-order chi connectivity index (χ0) is 26.0. The number of rotatable bonds is 7. The third-order valence-electron chi connectivity index (χ3n) is 7.18. The molecular weight excluding hydrogens is 460 g/mol. The lowest BCUT2D eigenvalue weighted by molar-refractivity contribution is -0.141. The van der Waals surface area contributed by atoms with Crippen LogP contribution in [0.25, 0.3) is 10.9 Å². The largest absolute Gasteiger partial charge is 0.444 e. The molecule has 1 aromatic carbocycles. The molecule has 1 atom stereocenters. The summed E-state index contributed by atoms with van der Waals surface area (Å²) >= 11 is 0. The molecule has 4 rings (SSSR count). The number of carbonyl (C=O) groups is 4. The Bertz CT molecular complexity index is 1140. The molecule has 2 saturated heterocycles.